The molecule has 2 aromatic carbocycles. The largest absolute Gasteiger partial charge is 0.326 e. The van der Waals surface area contributed by atoms with E-state index < -0.39 is 15.9 Å². The standard InChI is InChI=1S/C15H17NO2S2/c16-14(10-19)11-20(17,18)15-8-6-13(7-9-15)12-4-2-1-3-5-12/h1-9,14,19H,10-11,16H2. The normalized spacial score (nSPS) is 13.1. The minimum atomic E-state index is -3.34. The van der Waals surface area contributed by atoms with Gasteiger partial charge >= 0.3 is 0 Å². The van der Waals surface area contributed by atoms with Gasteiger partial charge in [-0.2, -0.15) is 12.6 Å². The Morgan fingerprint density at radius 2 is 1.50 bits per heavy atom. The molecule has 0 saturated heterocycles. The van der Waals surface area contributed by atoms with E-state index in [1.54, 1.807) is 12.1 Å². The molecule has 106 valence electrons. The van der Waals surface area contributed by atoms with Gasteiger partial charge in [0.1, 0.15) is 0 Å². The maximum atomic E-state index is 12.1. The van der Waals surface area contributed by atoms with Crippen LogP contribution in [0.4, 0.5) is 0 Å². The quantitative estimate of drug-likeness (QED) is 0.834. The highest BCUT2D eigenvalue weighted by molar-refractivity contribution is 7.91. The molecule has 0 bridgehead atoms. The van der Waals surface area contributed by atoms with Crippen molar-refractivity contribution >= 4 is 22.5 Å². The Morgan fingerprint density at radius 3 is 2.05 bits per heavy atom. The van der Waals surface area contributed by atoms with Crippen molar-refractivity contribution in [2.24, 2.45) is 5.73 Å². The molecule has 5 heteroatoms. The van der Waals surface area contributed by atoms with Crippen molar-refractivity contribution in [1.29, 1.82) is 0 Å². The summed E-state index contributed by atoms with van der Waals surface area (Å²) in [5.41, 5.74) is 7.71. The molecule has 0 aliphatic rings. The Kier molecular flexibility index (Phi) is 4.86. The third-order valence-corrected chi connectivity index (χ3v) is 5.31. The third-order valence-electron chi connectivity index (χ3n) is 2.99. The van der Waals surface area contributed by atoms with Crippen molar-refractivity contribution in [2.75, 3.05) is 11.5 Å². The van der Waals surface area contributed by atoms with Gasteiger partial charge in [0.2, 0.25) is 0 Å². The summed E-state index contributed by atoms with van der Waals surface area (Å²) in [4.78, 5) is 0.300. The van der Waals surface area contributed by atoms with E-state index in [4.69, 9.17) is 5.73 Å². The fourth-order valence-electron chi connectivity index (χ4n) is 1.92. The summed E-state index contributed by atoms with van der Waals surface area (Å²) in [6.07, 6.45) is 0. The predicted molar refractivity (Wildman–Crippen MR) is 85.8 cm³/mol. The van der Waals surface area contributed by atoms with Crippen LogP contribution in [0.1, 0.15) is 0 Å². The highest BCUT2D eigenvalue weighted by Gasteiger charge is 2.18. The van der Waals surface area contributed by atoms with Crippen LogP contribution in [0.25, 0.3) is 11.1 Å². The van der Waals surface area contributed by atoms with Crippen molar-refractivity contribution in [3.05, 3.63) is 54.6 Å². The topological polar surface area (TPSA) is 60.2 Å². The molecule has 0 spiro atoms. The van der Waals surface area contributed by atoms with Crippen molar-refractivity contribution in [2.45, 2.75) is 10.9 Å². The summed E-state index contributed by atoms with van der Waals surface area (Å²) in [6, 6.07) is 16.3. The van der Waals surface area contributed by atoms with Gasteiger partial charge in [-0.15, -0.1) is 0 Å². The fourth-order valence-corrected chi connectivity index (χ4v) is 3.64. The summed E-state index contributed by atoms with van der Waals surface area (Å²) in [5.74, 6) is 0.266. The van der Waals surface area contributed by atoms with Gasteiger partial charge in [0, 0.05) is 11.8 Å². The van der Waals surface area contributed by atoms with Crippen LogP contribution in [0.2, 0.25) is 0 Å². The smallest absolute Gasteiger partial charge is 0.179 e. The third kappa shape index (κ3) is 3.62. The van der Waals surface area contributed by atoms with Gasteiger partial charge < -0.3 is 5.73 Å². The summed E-state index contributed by atoms with van der Waals surface area (Å²) < 4.78 is 24.3. The highest BCUT2D eigenvalue weighted by atomic mass is 32.2. The molecule has 0 heterocycles. The monoisotopic (exact) mass is 307 g/mol. The zero-order chi connectivity index (χ0) is 14.6. The van der Waals surface area contributed by atoms with Gasteiger partial charge in [0.05, 0.1) is 10.6 Å². The molecule has 0 radical (unpaired) electrons. The second-order valence-corrected chi connectivity index (χ2v) is 7.01. The molecular weight excluding hydrogens is 290 g/mol. The lowest BCUT2D eigenvalue weighted by molar-refractivity contribution is 0.590. The molecule has 0 aliphatic carbocycles. The van der Waals surface area contributed by atoms with E-state index in [2.05, 4.69) is 12.6 Å². The lowest BCUT2D eigenvalue weighted by Gasteiger charge is -2.10. The summed E-state index contributed by atoms with van der Waals surface area (Å²) in [6.45, 7) is 0. The molecule has 0 fully saturated rings. The molecule has 3 nitrogen and oxygen atoms in total. The SMILES string of the molecule is NC(CS)CS(=O)(=O)c1ccc(-c2ccccc2)cc1. The average molecular weight is 307 g/mol. The van der Waals surface area contributed by atoms with Gasteiger partial charge in [-0.05, 0) is 23.3 Å². The van der Waals surface area contributed by atoms with Gasteiger partial charge in [-0.25, -0.2) is 8.42 Å². The van der Waals surface area contributed by atoms with Gasteiger partial charge in [0.25, 0.3) is 0 Å². The molecule has 20 heavy (non-hydrogen) atoms. The van der Waals surface area contributed by atoms with Crippen molar-refractivity contribution in [3.63, 3.8) is 0 Å². The first kappa shape index (κ1) is 15.1. The number of benzene rings is 2. The van der Waals surface area contributed by atoms with E-state index in [0.29, 0.717) is 10.6 Å². The van der Waals surface area contributed by atoms with Crippen molar-refractivity contribution in [1.82, 2.24) is 0 Å². The van der Waals surface area contributed by atoms with E-state index in [0.717, 1.165) is 11.1 Å². The Labute approximate surface area is 125 Å². The minimum Gasteiger partial charge on any atom is -0.326 e. The van der Waals surface area contributed by atoms with Crippen molar-refractivity contribution < 1.29 is 8.42 Å². The molecule has 2 rings (SSSR count). The Bertz CT molecular complexity index is 652. The molecule has 1 atom stereocenters. The lowest BCUT2D eigenvalue weighted by atomic mass is 10.1. The molecule has 2 N–H and O–H groups in total. The number of sulfone groups is 1. The second-order valence-electron chi connectivity index (χ2n) is 4.61. The van der Waals surface area contributed by atoms with Crippen LogP contribution >= 0.6 is 12.6 Å². The fraction of sp³-hybridized carbons (Fsp3) is 0.200. The van der Waals surface area contributed by atoms with Crippen LogP contribution in [0, 0.1) is 0 Å². The number of hydrogen-bond acceptors (Lipinski definition) is 4. The Morgan fingerprint density at radius 1 is 0.950 bits per heavy atom. The number of thiol groups is 1. The van der Waals surface area contributed by atoms with Crippen LogP contribution in [0.15, 0.2) is 59.5 Å². The molecule has 0 saturated carbocycles. The van der Waals surface area contributed by atoms with E-state index >= 15 is 0 Å². The summed E-state index contributed by atoms with van der Waals surface area (Å²) >= 11 is 4.01. The number of rotatable bonds is 5. The zero-order valence-electron chi connectivity index (χ0n) is 10.9. The maximum Gasteiger partial charge on any atom is 0.179 e. The molecule has 1 unspecified atom stereocenters. The van der Waals surface area contributed by atoms with E-state index in [9.17, 15) is 8.42 Å². The Hall–Kier alpha value is -1.30. The van der Waals surface area contributed by atoms with Crippen LogP contribution < -0.4 is 5.73 Å². The molecule has 2 aromatic rings. The second kappa shape index (κ2) is 6.43. The summed E-state index contributed by atoms with van der Waals surface area (Å²) in [7, 11) is -3.34. The molecular formula is C15H17NO2S2. The first-order valence-corrected chi connectivity index (χ1v) is 8.56. The van der Waals surface area contributed by atoms with Gasteiger partial charge in [-0.1, -0.05) is 42.5 Å². The molecule has 0 aromatic heterocycles. The molecule has 0 aliphatic heterocycles. The first-order chi connectivity index (χ1) is 9.53. The van der Waals surface area contributed by atoms with Gasteiger partial charge in [-0.3, -0.25) is 0 Å². The van der Waals surface area contributed by atoms with Crippen LogP contribution in [0.3, 0.4) is 0 Å². The Balaban J connectivity index is 2.25. The zero-order valence-corrected chi connectivity index (χ0v) is 12.6. The van der Waals surface area contributed by atoms with E-state index in [1.165, 1.54) is 0 Å². The predicted octanol–water partition coefficient (Wildman–Crippen LogP) is 2.38. The highest BCUT2D eigenvalue weighted by Crippen LogP contribution is 2.21. The number of hydrogen-bond donors (Lipinski definition) is 2. The molecule has 0 amide bonds. The average Bonchev–Trinajstić information content (AvgIpc) is 2.48. The van der Waals surface area contributed by atoms with Crippen molar-refractivity contribution in [3.8, 4) is 11.1 Å². The van der Waals surface area contributed by atoms with E-state index in [1.807, 2.05) is 42.5 Å². The summed E-state index contributed by atoms with van der Waals surface area (Å²) in [5, 5.41) is 0. The van der Waals surface area contributed by atoms with Crippen LogP contribution in [-0.4, -0.2) is 26.0 Å². The maximum absolute atomic E-state index is 12.1. The minimum absolute atomic E-state index is 0.0822. The van der Waals surface area contributed by atoms with Gasteiger partial charge in [0.15, 0.2) is 9.84 Å². The first-order valence-electron chi connectivity index (χ1n) is 6.27. The number of nitrogens with two attached hydrogens (primary N) is 1. The lowest BCUT2D eigenvalue weighted by Crippen LogP contribution is -2.31. The van der Waals surface area contributed by atoms with E-state index in [-0.39, 0.29) is 5.75 Å². The van der Waals surface area contributed by atoms with Crippen LogP contribution in [-0.2, 0) is 9.84 Å². The van der Waals surface area contributed by atoms with Crippen LogP contribution in [0.5, 0.6) is 0 Å².